The third kappa shape index (κ3) is 1.94. The molecule has 0 radical (unpaired) electrons. The van der Waals surface area contributed by atoms with Gasteiger partial charge in [-0.1, -0.05) is 24.3 Å². The molecule has 0 saturated carbocycles. The first-order valence-electron chi connectivity index (χ1n) is 8.66. The van der Waals surface area contributed by atoms with Crippen LogP contribution in [0.3, 0.4) is 0 Å². The molecule has 1 unspecified atom stereocenters. The van der Waals surface area contributed by atoms with E-state index in [1.165, 1.54) is 6.26 Å². The average Bonchev–Trinajstić information content (AvgIpc) is 3.19. The SMILES string of the molecule is O=C1CCCC2=C1C(c1ccco1)C1=C(N2)C(=O)c2ccccc2C1=O. The Morgan fingerprint density at radius 3 is 2.38 bits per heavy atom. The highest BCUT2D eigenvalue weighted by atomic mass is 16.3. The zero-order chi connectivity index (χ0) is 17.8. The van der Waals surface area contributed by atoms with Gasteiger partial charge in [-0.15, -0.1) is 0 Å². The molecule has 1 aromatic carbocycles. The van der Waals surface area contributed by atoms with Gasteiger partial charge in [-0.2, -0.15) is 0 Å². The van der Waals surface area contributed by atoms with Crippen LogP contribution in [0.15, 0.2) is 69.6 Å². The standard InChI is InChI=1S/C21H15NO4/c23-14-8-3-7-13-16(14)17(15-9-4-10-26-15)18-19(22-13)21(25)12-6-2-1-5-11(12)20(18)24/h1-2,4-6,9-10,17,22H,3,7-8H2. The summed E-state index contributed by atoms with van der Waals surface area (Å²) in [5, 5.41) is 3.13. The van der Waals surface area contributed by atoms with E-state index in [-0.39, 0.29) is 23.0 Å². The van der Waals surface area contributed by atoms with Crippen molar-refractivity contribution in [2.75, 3.05) is 0 Å². The van der Waals surface area contributed by atoms with Gasteiger partial charge in [-0.3, -0.25) is 14.4 Å². The highest BCUT2D eigenvalue weighted by Crippen LogP contribution is 2.45. The van der Waals surface area contributed by atoms with Crippen molar-refractivity contribution in [1.29, 1.82) is 0 Å². The van der Waals surface area contributed by atoms with E-state index in [9.17, 15) is 14.4 Å². The smallest absolute Gasteiger partial charge is 0.210 e. The van der Waals surface area contributed by atoms with Crippen molar-refractivity contribution in [2.45, 2.75) is 25.2 Å². The van der Waals surface area contributed by atoms with Crippen LogP contribution < -0.4 is 5.32 Å². The second-order valence-electron chi connectivity index (χ2n) is 6.73. The number of hydrogen-bond donors (Lipinski definition) is 1. The Bertz CT molecular complexity index is 1040. The van der Waals surface area contributed by atoms with E-state index >= 15 is 0 Å². The molecule has 2 aliphatic carbocycles. The fraction of sp³-hybridized carbons (Fsp3) is 0.190. The zero-order valence-corrected chi connectivity index (χ0v) is 13.9. The second-order valence-corrected chi connectivity index (χ2v) is 6.73. The highest BCUT2D eigenvalue weighted by molar-refractivity contribution is 6.28. The lowest BCUT2D eigenvalue weighted by atomic mass is 9.72. The van der Waals surface area contributed by atoms with Gasteiger partial charge in [0.2, 0.25) is 5.78 Å². The largest absolute Gasteiger partial charge is 0.468 e. The molecule has 1 aliphatic heterocycles. The number of Topliss-reactive ketones (excluding diaryl/α,β-unsaturated/α-hetero) is 3. The normalized spacial score (nSPS) is 22.0. The van der Waals surface area contributed by atoms with Crippen LogP contribution in [0.2, 0.25) is 0 Å². The van der Waals surface area contributed by atoms with E-state index in [4.69, 9.17) is 4.42 Å². The number of hydrogen-bond acceptors (Lipinski definition) is 5. The third-order valence-corrected chi connectivity index (χ3v) is 5.29. The Hall–Kier alpha value is -3.21. The second kappa shape index (κ2) is 5.39. The van der Waals surface area contributed by atoms with E-state index in [0.717, 1.165) is 12.1 Å². The number of carbonyl (C=O) groups excluding carboxylic acids is 3. The van der Waals surface area contributed by atoms with E-state index in [1.807, 2.05) is 0 Å². The first-order valence-corrected chi connectivity index (χ1v) is 8.66. The quantitative estimate of drug-likeness (QED) is 0.858. The molecule has 2 aromatic rings. The first kappa shape index (κ1) is 15.1. The highest BCUT2D eigenvalue weighted by Gasteiger charge is 2.45. The predicted molar refractivity (Wildman–Crippen MR) is 92.6 cm³/mol. The van der Waals surface area contributed by atoms with Crippen LogP contribution in [-0.2, 0) is 4.79 Å². The number of dihydropyridines is 1. The Balaban J connectivity index is 1.77. The van der Waals surface area contributed by atoms with Gasteiger partial charge in [0, 0.05) is 34.4 Å². The summed E-state index contributed by atoms with van der Waals surface area (Å²) >= 11 is 0. The molecule has 2 heterocycles. The molecular weight excluding hydrogens is 330 g/mol. The molecule has 26 heavy (non-hydrogen) atoms. The summed E-state index contributed by atoms with van der Waals surface area (Å²) in [4.78, 5) is 39.0. The van der Waals surface area contributed by atoms with Gasteiger partial charge in [0.05, 0.1) is 17.9 Å². The molecule has 5 heteroatoms. The molecule has 128 valence electrons. The number of rotatable bonds is 1. The van der Waals surface area contributed by atoms with Crippen LogP contribution >= 0.6 is 0 Å². The molecule has 0 bridgehead atoms. The number of allylic oxidation sites excluding steroid dienone is 4. The van der Waals surface area contributed by atoms with Crippen molar-refractivity contribution < 1.29 is 18.8 Å². The number of fused-ring (bicyclic) bond motifs is 1. The van der Waals surface area contributed by atoms with Crippen LogP contribution in [0, 0.1) is 0 Å². The minimum atomic E-state index is -0.631. The number of benzene rings is 1. The van der Waals surface area contributed by atoms with Crippen LogP contribution in [0.4, 0.5) is 0 Å². The maximum Gasteiger partial charge on any atom is 0.210 e. The molecule has 3 aliphatic rings. The summed E-state index contributed by atoms with van der Waals surface area (Å²) in [5.41, 5.74) is 2.67. The Labute approximate surface area is 149 Å². The fourth-order valence-electron chi connectivity index (χ4n) is 4.16. The predicted octanol–water partition coefficient (Wildman–Crippen LogP) is 3.31. The third-order valence-electron chi connectivity index (χ3n) is 5.29. The fourth-order valence-corrected chi connectivity index (χ4v) is 4.16. The van der Waals surface area contributed by atoms with Gasteiger partial charge >= 0.3 is 0 Å². The van der Waals surface area contributed by atoms with Gasteiger partial charge in [-0.05, 0) is 25.0 Å². The Morgan fingerprint density at radius 1 is 0.885 bits per heavy atom. The first-order chi connectivity index (χ1) is 12.7. The molecule has 5 nitrogen and oxygen atoms in total. The van der Waals surface area contributed by atoms with Gasteiger partial charge in [0.1, 0.15) is 5.76 Å². The van der Waals surface area contributed by atoms with Crippen molar-refractivity contribution in [3.63, 3.8) is 0 Å². The summed E-state index contributed by atoms with van der Waals surface area (Å²) in [6.07, 6.45) is 3.38. The van der Waals surface area contributed by atoms with E-state index in [2.05, 4.69) is 5.32 Å². The van der Waals surface area contributed by atoms with E-state index in [1.54, 1.807) is 36.4 Å². The van der Waals surface area contributed by atoms with E-state index in [0.29, 0.717) is 40.9 Å². The van der Waals surface area contributed by atoms with Crippen molar-refractivity contribution in [2.24, 2.45) is 0 Å². The van der Waals surface area contributed by atoms with Crippen LogP contribution in [0.1, 0.15) is 51.7 Å². The molecule has 1 aromatic heterocycles. The van der Waals surface area contributed by atoms with Crippen molar-refractivity contribution in [1.82, 2.24) is 5.32 Å². The van der Waals surface area contributed by atoms with Crippen LogP contribution in [0.25, 0.3) is 0 Å². The molecule has 1 atom stereocenters. The number of furan rings is 1. The van der Waals surface area contributed by atoms with Crippen LogP contribution in [-0.4, -0.2) is 17.3 Å². The lowest BCUT2D eigenvalue weighted by Crippen LogP contribution is -2.39. The lowest BCUT2D eigenvalue weighted by Gasteiger charge is -2.35. The molecular formula is C21H15NO4. The summed E-state index contributed by atoms with van der Waals surface area (Å²) in [6, 6.07) is 10.3. The minimum absolute atomic E-state index is 0.00538. The van der Waals surface area contributed by atoms with Crippen LogP contribution in [0.5, 0.6) is 0 Å². The monoisotopic (exact) mass is 345 g/mol. The van der Waals surface area contributed by atoms with Gasteiger partial charge in [0.25, 0.3) is 0 Å². The molecule has 0 spiro atoms. The van der Waals surface area contributed by atoms with Gasteiger partial charge in [0.15, 0.2) is 11.6 Å². The average molecular weight is 345 g/mol. The van der Waals surface area contributed by atoms with Gasteiger partial charge < -0.3 is 9.73 Å². The molecule has 5 rings (SSSR count). The zero-order valence-electron chi connectivity index (χ0n) is 13.9. The molecule has 0 saturated heterocycles. The summed E-state index contributed by atoms with van der Waals surface area (Å²) in [7, 11) is 0. The lowest BCUT2D eigenvalue weighted by molar-refractivity contribution is -0.116. The maximum atomic E-state index is 13.3. The molecule has 1 N–H and O–H groups in total. The minimum Gasteiger partial charge on any atom is -0.468 e. The topological polar surface area (TPSA) is 76.4 Å². The Morgan fingerprint density at radius 2 is 1.65 bits per heavy atom. The summed E-state index contributed by atoms with van der Waals surface area (Å²) in [6.45, 7) is 0. The molecule has 0 fully saturated rings. The Kier molecular flexibility index (Phi) is 3.13. The van der Waals surface area contributed by atoms with Crippen molar-refractivity contribution >= 4 is 17.3 Å². The summed E-state index contributed by atoms with van der Waals surface area (Å²) < 4.78 is 5.58. The van der Waals surface area contributed by atoms with E-state index < -0.39 is 5.92 Å². The van der Waals surface area contributed by atoms with Crippen molar-refractivity contribution in [3.05, 3.63) is 82.1 Å². The molecule has 0 amide bonds. The van der Waals surface area contributed by atoms with Crippen molar-refractivity contribution in [3.8, 4) is 0 Å². The summed E-state index contributed by atoms with van der Waals surface area (Å²) in [5.74, 6) is -0.549. The maximum absolute atomic E-state index is 13.3. The number of ketones is 3. The number of nitrogens with one attached hydrogen (secondary N) is 1. The number of carbonyl (C=O) groups is 3. The van der Waals surface area contributed by atoms with Gasteiger partial charge in [-0.25, -0.2) is 0 Å².